The SMILES string of the molecule is Cc1nc(N2CCOCC2)sc1C(=O)NNC(=O)c1oc2c(C)cccc2c1C. The molecule has 2 N–H and O–H groups in total. The Morgan fingerprint density at radius 3 is 2.55 bits per heavy atom. The highest BCUT2D eigenvalue weighted by molar-refractivity contribution is 7.17. The number of hydrazine groups is 1. The minimum absolute atomic E-state index is 0.185. The third-order valence-corrected chi connectivity index (χ3v) is 6.15. The van der Waals surface area contributed by atoms with E-state index in [2.05, 4.69) is 20.7 Å². The topological polar surface area (TPSA) is 96.7 Å². The molecule has 1 aliphatic heterocycles. The van der Waals surface area contributed by atoms with Crippen LogP contribution >= 0.6 is 11.3 Å². The zero-order valence-corrected chi connectivity index (χ0v) is 17.3. The molecule has 4 rings (SSSR count). The highest BCUT2D eigenvalue weighted by Gasteiger charge is 2.22. The average molecular weight is 414 g/mol. The summed E-state index contributed by atoms with van der Waals surface area (Å²) in [6, 6.07) is 5.75. The number of aromatic nitrogens is 1. The maximum Gasteiger partial charge on any atom is 0.305 e. The summed E-state index contributed by atoms with van der Waals surface area (Å²) in [4.78, 5) is 32.2. The lowest BCUT2D eigenvalue weighted by atomic mass is 10.1. The van der Waals surface area contributed by atoms with E-state index in [1.807, 2.05) is 32.0 Å². The number of hydrogen-bond acceptors (Lipinski definition) is 7. The minimum atomic E-state index is -0.498. The molecule has 0 radical (unpaired) electrons. The first-order valence-electron chi connectivity index (χ1n) is 9.35. The quantitative estimate of drug-likeness (QED) is 0.640. The van der Waals surface area contributed by atoms with Crippen LogP contribution < -0.4 is 15.8 Å². The summed E-state index contributed by atoms with van der Waals surface area (Å²) in [5, 5.41) is 1.67. The number of morpholine rings is 1. The first kappa shape index (κ1) is 19.4. The molecule has 1 aliphatic rings. The van der Waals surface area contributed by atoms with Crippen LogP contribution in [0.15, 0.2) is 22.6 Å². The second-order valence-electron chi connectivity index (χ2n) is 6.93. The summed E-state index contributed by atoms with van der Waals surface area (Å²) in [5.74, 6) is -0.718. The Kier molecular flexibility index (Phi) is 5.25. The van der Waals surface area contributed by atoms with Gasteiger partial charge in [0, 0.05) is 24.0 Å². The number of rotatable bonds is 3. The Balaban J connectivity index is 1.46. The fourth-order valence-corrected chi connectivity index (χ4v) is 4.32. The molecule has 0 unspecified atom stereocenters. The number of aryl methyl sites for hydroxylation is 3. The van der Waals surface area contributed by atoms with Gasteiger partial charge in [-0.2, -0.15) is 0 Å². The van der Waals surface area contributed by atoms with Gasteiger partial charge in [0.2, 0.25) is 0 Å². The summed E-state index contributed by atoms with van der Waals surface area (Å²) >= 11 is 1.30. The summed E-state index contributed by atoms with van der Waals surface area (Å²) in [6.07, 6.45) is 0. The van der Waals surface area contributed by atoms with Crippen molar-refractivity contribution < 1.29 is 18.7 Å². The molecule has 0 atom stereocenters. The van der Waals surface area contributed by atoms with E-state index in [1.165, 1.54) is 11.3 Å². The number of amides is 2. The average Bonchev–Trinajstić information content (AvgIpc) is 3.28. The molecule has 0 bridgehead atoms. The number of anilines is 1. The predicted molar refractivity (Wildman–Crippen MR) is 111 cm³/mol. The van der Waals surface area contributed by atoms with Crippen LogP contribution in [-0.4, -0.2) is 43.1 Å². The maximum absolute atomic E-state index is 12.6. The fourth-order valence-electron chi connectivity index (χ4n) is 3.31. The van der Waals surface area contributed by atoms with Crippen molar-refractivity contribution in [2.24, 2.45) is 0 Å². The predicted octanol–water partition coefficient (Wildman–Crippen LogP) is 2.73. The number of carbonyl (C=O) groups is 2. The van der Waals surface area contributed by atoms with Crippen LogP contribution in [0.4, 0.5) is 5.13 Å². The molecular weight excluding hydrogens is 392 g/mol. The Hall–Kier alpha value is -2.91. The third-order valence-electron chi connectivity index (χ3n) is 4.93. The largest absolute Gasteiger partial charge is 0.450 e. The molecule has 1 saturated heterocycles. The normalized spacial score (nSPS) is 14.2. The lowest BCUT2D eigenvalue weighted by molar-refractivity contribution is 0.0833. The van der Waals surface area contributed by atoms with E-state index < -0.39 is 11.8 Å². The van der Waals surface area contributed by atoms with Crippen molar-refractivity contribution in [3.8, 4) is 0 Å². The van der Waals surface area contributed by atoms with Gasteiger partial charge in [0.25, 0.3) is 5.91 Å². The van der Waals surface area contributed by atoms with E-state index in [1.54, 1.807) is 6.92 Å². The van der Waals surface area contributed by atoms with E-state index in [0.717, 1.165) is 34.7 Å². The molecule has 3 heterocycles. The van der Waals surface area contributed by atoms with E-state index in [0.29, 0.717) is 29.4 Å². The summed E-state index contributed by atoms with van der Waals surface area (Å²) in [6.45, 7) is 8.31. The van der Waals surface area contributed by atoms with Crippen molar-refractivity contribution in [1.82, 2.24) is 15.8 Å². The number of benzene rings is 1. The van der Waals surface area contributed by atoms with Crippen LogP contribution in [-0.2, 0) is 4.74 Å². The summed E-state index contributed by atoms with van der Waals surface area (Å²) in [7, 11) is 0. The van der Waals surface area contributed by atoms with Gasteiger partial charge in [-0.05, 0) is 26.3 Å². The van der Waals surface area contributed by atoms with Gasteiger partial charge in [0.05, 0.1) is 18.9 Å². The highest BCUT2D eigenvalue weighted by Crippen LogP contribution is 2.28. The van der Waals surface area contributed by atoms with Crippen molar-refractivity contribution in [3.63, 3.8) is 0 Å². The molecule has 29 heavy (non-hydrogen) atoms. The van der Waals surface area contributed by atoms with Crippen LogP contribution in [0, 0.1) is 20.8 Å². The second-order valence-corrected chi connectivity index (χ2v) is 7.90. The fraction of sp³-hybridized carbons (Fsp3) is 0.350. The van der Waals surface area contributed by atoms with Crippen LogP contribution in [0.5, 0.6) is 0 Å². The maximum atomic E-state index is 12.6. The number of fused-ring (bicyclic) bond motifs is 1. The Bertz CT molecular complexity index is 1080. The number of carbonyl (C=O) groups excluding carboxylic acids is 2. The standard InChI is InChI=1S/C20H22N4O4S/c1-11-5-4-6-14-12(2)16(28-15(11)14)18(25)22-23-19(26)17-13(3)21-20(29-17)24-7-9-27-10-8-24/h4-6H,7-10H2,1-3H3,(H,22,25)(H,23,26). The Morgan fingerprint density at radius 2 is 1.83 bits per heavy atom. The van der Waals surface area contributed by atoms with Gasteiger partial charge in [-0.25, -0.2) is 4.98 Å². The summed E-state index contributed by atoms with van der Waals surface area (Å²) in [5.41, 5.74) is 7.90. The van der Waals surface area contributed by atoms with Crippen LogP contribution in [0.25, 0.3) is 11.0 Å². The van der Waals surface area contributed by atoms with Gasteiger partial charge in [-0.3, -0.25) is 20.4 Å². The van der Waals surface area contributed by atoms with Crippen LogP contribution in [0.3, 0.4) is 0 Å². The zero-order chi connectivity index (χ0) is 20.5. The first-order valence-corrected chi connectivity index (χ1v) is 10.2. The van der Waals surface area contributed by atoms with Crippen molar-refractivity contribution in [2.45, 2.75) is 20.8 Å². The highest BCUT2D eigenvalue weighted by atomic mass is 32.1. The van der Waals surface area contributed by atoms with Gasteiger partial charge >= 0.3 is 5.91 Å². The molecule has 0 aliphatic carbocycles. The molecule has 3 aromatic rings. The molecule has 8 nitrogen and oxygen atoms in total. The van der Waals surface area contributed by atoms with Gasteiger partial charge in [0.15, 0.2) is 10.9 Å². The second kappa shape index (κ2) is 7.84. The van der Waals surface area contributed by atoms with Gasteiger partial charge in [0.1, 0.15) is 10.5 Å². The summed E-state index contributed by atoms with van der Waals surface area (Å²) < 4.78 is 11.1. The molecule has 1 fully saturated rings. The van der Waals surface area contributed by atoms with Crippen molar-refractivity contribution in [2.75, 3.05) is 31.2 Å². The Morgan fingerprint density at radius 1 is 1.10 bits per heavy atom. The molecule has 2 aromatic heterocycles. The van der Waals surface area contributed by atoms with E-state index in [-0.39, 0.29) is 5.76 Å². The smallest absolute Gasteiger partial charge is 0.305 e. The third kappa shape index (κ3) is 3.70. The van der Waals surface area contributed by atoms with E-state index in [9.17, 15) is 9.59 Å². The number of nitrogens with zero attached hydrogens (tertiary/aromatic N) is 2. The minimum Gasteiger partial charge on any atom is -0.450 e. The van der Waals surface area contributed by atoms with E-state index >= 15 is 0 Å². The molecule has 2 amide bonds. The van der Waals surface area contributed by atoms with Gasteiger partial charge in [-0.1, -0.05) is 29.5 Å². The molecular formula is C20H22N4O4S. The first-order chi connectivity index (χ1) is 14.0. The van der Waals surface area contributed by atoms with Crippen LogP contribution in [0.2, 0.25) is 0 Å². The van der Waals surface area contributed by atoms with Crippen molar-refractivity contribution in [1.29, 1.82) is 0 Å². The number of hydrogen-bond donors (Lipinski definition) is 2. The van der Waals surface area contributed by atoms with Gasteiger partial charge in [-0.15, -0.1) is 0 Å². The number of nitrogens with one attached hydrogen (secondary N) is 2. The lowest BCUT2D eigenvalue weighted by Crippen LogP contribution is -2.41. The van der Waals surface area contributed by atoms with Crippen LogP contribution in [0.1, 0.15) is 37.0 Å². The molecule has 1 aromatic carbocycles. The van der Waals surface area contributed by atoms with Crippen molar-refractivity contribution >= 4 is 39.3 Å². The number of para-hydroxylation sites is 1. The monoisotopic (exact) mass is 414 g/mol. The number of ether oxygens (including phenoxy) is 1. The lowest BCUT2D eigenvalue weighted by Gasteiger charge is -2.25. The number of furan rings is 1. The molecule has 152 valence electrons. The molecule has 0 saturated carbocycles. The zero-order valence-electron chi connectivity index (χ0n) is 16.5. The Labute approximate surface area is 171 Å². The van der Waals surface area contributed by atoms with Gasteiger partial charge < -0.3 is 14.1 Å². The number of thiazole rings is 1. The van der Waals surface area contributed by atoms with E-state index in [4.69, 9.17) is 9.15 Å². The molecule has 0 spiro atoms. The molecule has 9 heteroatoms. The van der Waals surface area contributed by atoms with Crippen molar-refractivity contribution in [3.05, 3.63) is 45.7 Å².